The summed E-state index contributed by atoms with van der Waals surface area (Å²) >= 11 is 0. The third-order valence-corrected chi connectivity index (χ3v) is 2.51. The highest BCUT2D eigenvalue weighted by molar-refractivity contribution is 5.87. The number of carbonyl (C=O) groups excluding carboxylic acids is 1. The van der Waals surface area contributed by atoms with E-state index in [1.165, 1.54) is 0 Å². The van der Waals surface area contributed by atoms with E-state index in [0.717, 1.165) is 0 Å². The first kappa shape index (κ1) is 14.9. The summed E-state index contributed by atoms with van der Waals surface area (Å²) in [5.74, 6) is -1.37. The molecule has 4 N–H and O–H groups in total. The monoisotopic (exact) mass is 230 g/mol. The first-order valence-electron chi connectivity index (χ1n) is 5.26. The van der Waals surface area contributed by atoms with Crippen LogP contribution in [0.2, 0.25) is 0 Å². The molecule has 16 heavy (non-hydrogen) atoms. The Kier molecular flexibility index (Phi) is 4.49. The zero-order valence-electron chi connectivity index (χ0n) is 10.6. The van der Waals surface area contributed by atoms with Gasteiger partial charge in [0, 0.05) is 6.54 Å². The van der Waals surface area contributed by atoms with Crippen LogP contribution in [-0.2, 0) is 9.59 Å². The van der Waals surface area contributed by atoms with E-state index in [4.69, 9.17) is 10.8 Å². The Balaban J connectivity index is 4.81. The molecule has 1 atom stereocenters. The Morgan fingerprint density at radius 1 is 1.25 bits per heavy atom. The van der Waals surface area contributed by atoms with Gasteiger partial charge in [-0.15, -0.1) is 0 Å². The molecule has 94 valence electrons. The van der Waals surface area contributed by atoms with Crippen molar-refractivity contribution in [2.75, 3.05) is 6.54 Å². The van der Waals surface area contributed by atoms with E-state index in [0.29, 0.717) is 0 Å². The van der Waals surface area contributed by atoms with Crippen molar-refractivity contribution in [1.82, 2.24) is 5.32 Å². The summed E-state index contributed by atoms with van der Waals surface area (Å²) in [5, 5.41) is 11.6. The topological polar surface area (TPSA) is 92.4 Å². The molecular weight excluding hydrogens is 208 g/mol. The number of carboxylic acids is 1. The average molecular weight is 230 g/mol. The standard InChI is InChI=1S/C11H22N2O3/c1-10(2,3)7(8(14)15)13-9(16)11(4,5)6-12/h7H,6,12H2,1-5H3,(H,13,16)(H,14,15). The van der Waals surface area contributed by atoms with Crippen molar-refractivity contribution in [3.05, 3.63) is 0 Å². The fourth-order valence-electron chi connectivity index (χ4n) is 1.07. The van der Waals surface area contributed by atoms with Gasteiger partial charge in [0.1, 0.15) is 6.04 Å². The fraction of sp³-hybridized carbons (Fsp3) is 0.818. The number of rotatable bonds is 4. The van der Waals surface area contributed by atoms with Gasteiger partial charge in [-0.25, -0.2) is 4.79 Å². The molecular formula is C11H22N2O3. The lowest BCUT2D eigenvalue weighted by Gasteiger charge is -2.31. The van der Waals surface area contributed by atoms with Gasteiger partial charge in [0.2, 0.25) is 5.91 Å². The molecule has 0 saturated carbocycles. The number of carboxylic acid groups (broad SMARTS) is 1. The maximum Gasteiger partial charge on any atom is 0.326 e. The Morgan fingerprint density at radius 2 is 1.69 bits per heavy atom. The van der Waals surface area contributed by atoms with Gasteiger partial charge in [0.15, 0.2) is 0 Å². The number of hydrogen-bond donors (Lipinski definition) is 3. The molecule has 0 radical (unpaired) electrons. The van der Waals surface area contributed by atoms with E-state index >= 15 is 0 Å². The molecule has 0 aromatic rings. The van der Waals surface area contributed by atoms with E-state index < -0.39 is 22.8 Å². The average Bonchev–Trinajstić information content (AvgIpc) is 2.11. The summed E-state index contributed by atoms with van der Waals surface area (Å²) in [6.45, 7) is 8.84. The number of carbonyl (C=O) groups is 2. The van der Waals surface area contributed by atoms with Crippen LogP contribution in [0.1, 0.15) is 34.6 Å². The van der Waals surface area contributed by atoms with Crippen molar-refractivity contribution in [3.8, 4) is 0 Å². The lowest BCUT2D eigenvalue weighted by molar-refractivity contribution is -0.146. The van der Waals surface area contributed by atoms with E-state index in [1.807, 2.05) is 0 Å². The molecule has 0 aromatic carbocycles. The van der Waals surface area contributed by atoms with Gasteiger partial charge in [0.05, 0.1) is 5.41 Å². The molecule has 0 rings (SSSR count). The molecule has 0 saturated heterocycles. The SMILES string of the molecule is CC(C)(CN)C(=O)NC(C(=O)O)C(C)(C)C. The van der Waals surface area contributed by atoms with Crippen LogP contribution in [0, 0.1) is 10.8 Å². The first-order valence-corrected chi connectivity index (χ1v) is 5.26. The number of nitrogens with one attached hydrogen (secondary N) is 1. The van der Waals surface area contributed by atoms with E-state index in [1.54, 1.807) is 34.6 Å². The van der Waals surface area contributed by atoms with Crippen LogP contribution in [0.4, 0.5) is 0 Å². The summed E-state index contributed by atoms with van der Waals surface area (Å²) in [5.41, 5.74) is 4.17. The molecule has 0 spiro atoms. The second-order valence-corrected chi connectivity index (χ2v) is 5.70. The van der Waals surface area contributed by atoms with Crippen LogP contribution in [0.25, 0.3) is 0 Å². The van der Waals surface area contributed by atoms with Gasteiger partial charge in [-0.2, -0.15) is 0 Å². The number of amides is 1. The highest BCUT2D eigenvalue weighted by Gasteiger charge is 2.36. The van der Waals surface area contributed by atoms with Crippen molar-refractivity contribution in [2.45, 2.75) is 40.7 Å². The zero-order chi connectivity index (χ0) is 13.1. The Labute approximate surface area is 96.4 Å². The molecule has 5 heteroatoms. The van der Waals surface area contributed by atoms with Crippen LogP contribution in [0.15, 0.2) is 0 Å². The normalized spacial score (nSPS) is 14.4. The van der Waals surface area contributed by atoms with Crippen molar-refractivity contribution in [1.29, 1.82) is 0 Å². The first-order chi connectivity index (χ1) is 7.02. The molecule has 5 nitrogen and oxygen atoms in total. The minimum Gasteiger partial charge on any atom is -0.480 e. The van der Waals surface area contributed by atoms with Gasteiger partial charge in [-0.3, -0.25) is 4.79 Å². The third kappa shape index (κ3) is 3.81. The lowest BCUT2D eigenvalue weighted by atomic mass is 9.85. The van der Waals surface area contributed by atoms with Gasteiger partial charge >= 0.3 is 5.97 Å². The summed E-state index contributed by atoms with van der Waals surface area (Å²) in [4.78, 5) is 22.9. The Morgan fingerprint density at radius 3 is 1.94 bits per heavy atom. The summed E-state index contributed by atoms with van der Waals surface area (Å²) in [6, 6.07) is -0.911. The van der Waals surface area contributed by atoms with Crippen LogP contribution in [0.5, 0.6) is 0 Å². The smallest absolute Gasteiger partial charge is 0.326 e. The maximum absolute atomic E-state index is 11.8. The van der Waals surface area contributed by atoms with Crippen LogP contribution < -0.4 is 11.1 Å². The summed E-state index contributed by atoms with van der Waals surface area (Å²) in [6.07, 6.45) is 0. The van der Waals surface area contributed by atoms with Crippen molar-refractivity contribution in [2.24, 2.45) is 16.6 Å². The van der Waals surface area contributed by atoms with Crippen LogP contribution >= 0.6 is 0 Å². The third-order valence-electron chi connectivity index (χ3n) is 2.51. The molecule has 0 aromatic heterocycles. The Bertz CT molecular complexity index is 279. The quantitative estimate of drug-likeness (QED) is 0.659. The number of hydrogen-bond acceptors (Lipinski definition) is 3. The number of nitrogens with two attached hydrogens (primary N) is 1. The predicted octanol–water partition coefficient (Wildman–Crippen LogP) is 0.587. The molecule has 0 fully saturated rings. The van der Waals surface area contributed by atoms with Gasteiger partial charge in [0.25, 0.3) is 0 Å². The molecule has 0 aliphatic rings. The minimum atomic E-state index is -1.03. The fourth-order valence-corrected chi connectivity index (χ4v) is 1.07. The van der Waals surface area contributed by atoms with Gasteiger partial charge in [-0.05, 0) is 19.3 Å². The van der Waals surface area contributed by atoms with Gasteiger partial charge in [-0.1, -0.05) is 20.8 Å². The summed E-state index contributed by atoms with van der Waals surface area (Å²) in [7, 11) is 0. The molecule has 0 aliphatic heterocycles. The summed E-state index contributed by atoms with van der Waals surface area (Å²) < 4.78 is 0. The molecule has 0 aliphatic carbocycles. The second kappa shape index (κ2) is 4.82. The van der Waals surface area contributed by atoms with Crippen LogP contribution in [-0.4, -0.2) is 29.6 Å². The highest BCUT2D eigenvalue weighted by atomic mass is 16.4. The van der Waals surface area contributed by atoms with E-state index in [-0.39, 0.29) is 12.5 Å². The van der Waals surface area contributed by atoms with E-state index in [9.17, 15) is 9.59 Å². The molecule has 1 unspecified atom stereocenters. The molecule has 0 bridgehead atoms. The zero-order valence-corrected chi connectivity index (χ0v) is 10.6. The number of aliphatic carboxylic acids is 1. The van der Waals surface area contributed by atoms with Crippen molar-refractivity contribution in [3.63, 3.8) is 0 Å². The molecule has 1 amide bonds. The lowest BCUT2D eigenvalue weighted by Crippen LogP contribution is -2.53. The second-order valence-electron chi connectivity index (χ2n) is 5.70. The van der Waals surface area contributed by atoms with Crippen molar-refractivity contribution < 1.29 is 14.7 Å². The molecule has 0 heterocycles. The van der Waals surface area contributed by atoms with Crippen molar-refractivity contribution >= 4 is 11.9 Å². The van der Waals surface area contributed by atoms with Crippen LogP contribution in [0.3, 0.4) is 0 Å². The predicted molar refractivity (Wildman–Crippen MR) is 61.9 cm³/mol. The highest BCUT2D eigenvalue weighted by Crippen LogP contribution is 2.21. The Hall–Kier alpha value is -1.10. The van der Waals surface area contributed by atoms with E-state index in [2.05, 4.69) is 5.32 Å². The largest absolute Gasteiger partial charge is 0.480 e. The minimum absolute atomic E-state index is 0.176. The van der Waals surface area contributed by atoms with Gasteiger partial charge < -0.3 is 16.2 Å². The maximum atomic E-state index is 11.8.